The summed E-state index contributed by atoms with van der Waals surface area (Å²) < 4.78 is 11.7. The summed E-state index contributed by atoms with van der Waals surface area (Å²) in [6.07, 6.45) is 0. The molecule has 2 heterocycles. The number of hydrogen-bond acceptors (Lipinski definition) is 6. The summed E-state index contributed by atoms with van der Waals surface area (Å²) >= 11 is 0. The Hall–Kier alpha value is -4.12. The van der Waals surface area contributed by atoms with Gasteiger partial charge in [-0.15, -0.1) is 0 Å². The fourth-order valence-electron chi connectivity index (χ4n) is 2.79. The Bertz CT molecular complexity index is 1160. The summed E-state index contributed by atoms with van der Waals surface area (Å²) in [6.45, 7) is -0.118. The molecule has 0 unspecified atom stereocenters. The van der Waals surface area contributed by atoms with Crippen LogP contribution in [0, 0.1) is 11.3 Å². The van der Waals surface area contributed by atoms with Crippen LogP contribution in [-0.2, 0) is 11.3 Å². The average molecular weight is 374 g/mol. The smallest absolute Gasteiger partial charge is 0.267 e. The van der Waals surface area contributed by atoms with Crippen LogP contribution in [0.4, 0.5) is 5.69 Å². The first-order chi connectivity index (χ1) is 13.6. The number of carbonyl (C=O) groups is 1. The molecule has 1 aromatic heterocycles. The van der Waals surface area contributed by atoms with E-state index in [4.69, 9.17) is 14.7 Å². The monoisotopic (exact) mass is 374 g/mol. The van der Waals surface area contributed by atoms with Crippen LogP contribution in [0.25, 0.3) is 11.3 Å². The lowest BCUT2D eigenvalue weighted by Crippen LogP contribution is -2.29. The Morgan fingerprint density at radius 1 is 1.14 bits per heavy atom. The van der Waals surface area contributed by atoms with Gasteiger partial charge in [0.2, 0.25) is 12.7 Å². The van der Waals surface area contributed by atoms with Crippen LogP contribution < -0.4 is 20.3 Å². The van der Waals surface area contributed by atoms with Gasteiger partial charge < -0.3 is 14.8 Å². The van der Waals surface area contributed by atoms with E-state index in [0.29, 0.717) is 28.4 Å². The largest absolute Gasteiger partial charge is 0.454 e. The van der Waals surface area contributed by atoms with Gasteiger partial charge in [-0.3, -0.25) is 9.59 Å². The standard InChI is InChI=1S/C20H14N4O4/c21-10-14-3-1-2-4-15(14)22-19(25)11-24-20(26)8-6-16(23-24)13-5-7-17-18(9-13)28-12-27-17/h1-9H,11-12H2,(H,22,25). The van der Waals surface area contributed by atoms with Crippen molar-refractivity contribution in [3.8, 4) is 28.8 Å². The minimum atomic E-state index is -0.458. The molecule has 1 aliphatic rings. The Morgan fingerprint density at radius 3 is 2.82 bits per heavy atom. The summed E-state index contributed by atoms with van der Waals surface area (Å²) in [6, 6.07) is 16.9. The Balaban J connectivity index is 1.57. The Morgan fingerprint density at radius 2 is 1.96 bits per heavy atom. The number of nitriles is 1. The van der Waals surface area contributed by atoms with Crippen LogP contribution in [0.5, 0.6) is 11.5 Å². The van der Waals surface area contributed by atoms with Crippen LogP contribution in [-0.4, -0.2) is 22.5 Å². The number of hydrogen-bond donors (Lipinski definition) is 1. The maximum atomic E-state index is 12.3. The number of ether oxygens (including phenoxy) is 2. The lowest BCUT2D eigenvalue weighted by molar-refractivity contribution is -0.117. The van der Waals surface area contributed by atoms with Crippen molar-refractivity contribution < 1.29 is 14.3 Å². The van der Waals surface area contributed by atoms with Crippen molar-refractivity contribution >= 4 is 11.6 Å². The molecule has 1 N–H and O–H groups in total. The minimum absolute atomic E-state index is 0.163. The zero-order valence-corrected chi connectivity index (χ0v) is 14.6. The third-order valence-corrected chi connectivity index (χ3v) is 4.15. The maximum Gasteiger partial charge on any atom is 0.267 e. The number of aromatic nitrogens is 2. The summed E-state index contributed by atoms with van der Waals surface area (Å²) in [7, 11) is 0. The first kappa shape index (κ1) is 17.3. The van der Waals surface area contributed by atoms with Gasteiger partial charge in [0, 0.05) is 11.6 Å². The second-order valence-electron chi connectivity index (χ2n) is 5.99. The zero-order valence-electron chi connectivity index (χ0n) is 14.6. The number of fused-ring (bicyclic) bond motifs is 1. The molecule has 138 valence electrons. The van der Waals surface area contributed by atoms with E-state index in [1.54, 1.807) is 48.5 Å². The van der Waals surface area contributed by atoms with Gasteiger partial charge in [-0.25, -0.2) is 4.68 Å². The predicted molar refractivity (Wildman–Crippen MR) is 99.8 cm³/mol. The molecule has 2 aromatic carbocycles. The van der Waals surface area contributed by atoms with E-state index in [-0.39, 0.29) is 13.3 Å². The molecule has 0 bridgehead atoms. The van der Waals surface area contributed by atoms with Crippen LogP contribution >= 0.6 is 0 Å². The topological polar surface area (TPSA) is 106 Å². The number of benzene rings is 2. The molecule has 0 aliphatic carbocycles. The molecule has 1 aliphatic heterocycles. The van der Waals surface area contributed by atoms with E-state index < -0.39 is 11.5 Å². The van der Waals surface area contributed by atoms with Crippen LogP contribution in [0.2, 0.25) is 0 Å². The fraction of sp³-hybridized carbons (Fsp3) is 0.100. The van der Waals surface area contributed by atoms with E-state index in [2.05, 4.69) is 10.4 Å². The quantitative estimate of drug-likeness (QED) is 0.750. The molecular weight excluding hydrogens is 360 g/mol. The number of nitrogens with one attached hydrogen (secondary N) is 1. The molecule has 3 aromatic rings. The lowest BCUT2D eigenvalue weighted by Gasteiger charge is -2.09. The Kier molecular flexibility index (Phi) is 4.48. The van der Waals surface area contributed by atoms with E-state index in [0.717, 1.165) is 10.2 Å². The second kappa shape index (κ2) is 7.25. The van der Waals surface area contributed by atoms with Crippen LogP contribution in [0.15, 0.2) is 59.4 Å². The number of nitrogens with zero attached hydrogens (tertiary/aromatic N) is 3. The van der Waals surface area contributed by atoms with Gasteiger partial charge in [-0.05, 0) is 36.4 Å². The van der Waals surface area contributed by atoms with Gasteiger partial charge >= 0.3 is 0 Å². The molecule has 1 amide bonds. The van der Waals surface area contributed by atoms with Crippen LogP contribution in [0.1, 0.15) is 5.56 Å². The van der Waals surface area contributed by atoms with Crippen LogP contribution in [0.3, 0.4) is 0 Å². The highest BCUT2D eigenvalue weighted by atomic mass is 16.7. The number of carbonyl (C=O) groups excluding carboxylic acids is 1. The van der Waals surface area contributed by atoms with Crippen molar-refractivity contribution in [3.05, 3.63) is 70.5 Å². The van der Waals surface area contributed by atoms with Gasteiger partial charge in [-0.2, -0.15) is 10.4 Å². The van der Waals surface area contributed by atoms with Gasteiger partial charge in [0.1, 0.15) is 12.6 Å². The van der Waals surface area contributed by atoms with Gasteiger partial charge in [0.25, 0.3) is 5.56 Å². The molecule has 0 radical (unpaired) electrons. The van der Waals surface area contributed by atoms with Crippen molar-refractivity contribution in [3.63, 3.8) is 0 Å². The highest BCUT2D eigenvalue weighted by Gasteiger charge is 2.15. The normalized spacial score (nSPS) is 11.7. The predicted octanol–water partition coefficient (Wildman–Crippen LogP) is 2.15. The summed E-state index contributed by atoms with van der Waals surface area (Å²) in [5, 5.41) is 16.0. The molecule has 0 fully saturated rings. The van der Waals surface area contributed by atoms with Crippen molar-refractivity contribution in [1.29, 1.82) is 5.26 Å². The third-order valence-electron chi connectivity index (χ3n) is 4.15. The summed E-state index contributed by atoms with van der Waals surface area (Å²) in [5.74, 6) is 0.788. The summed E-state index contributed by atoms with van der Waals surface area (Å²) in [4.78, 5) is 24.5. The van der Waals surface area contributed by atoms with Gasteiger partial charge in [0.05, 0.1) is 16.9 Å². The highest BCUT2D eigenvalue weighted by Crippen LogP contribution is 2.35. The van der Waals surface area contributed by atoms with Crippen molar-refractivity contribution in [2.75, 3.05) is 12.1 Å². The molecule has 8 heteroatoms. The Labute approximate surface area is 159 Å². The molecule has 4 rings (SSSR count). The maximum absolute atomic E-state index is 12.3. The van der Waals surface area contributed by atoms with Crippen molar-refractivity contribution in [2.24, 2.45) is 0 Å². The molecule has 8 nitrogen and oxygen atoms in total. The van der Waals surface area contributed by atoms with E-state index >= 15 is 0 Å². The third kappa shape index (κ3) is 3.41. The van der Waals surface area contributed by atoms with E-state index in [1.165, 1.54) is 6.07 Å². The molecular formula is C20H14N4O4. The highest BCUT2D eigenvalue weighted by molar-refractivity contribution is 5.91. The first-order valence-electron chi connectivity index (χ1n) is 8.41. The minimum Gasteiger partial charge on any atom is -0.454 e. The van der Waals surface area contributed by atoms with Crippen molar-refractivity contribution in [2.45, 2.75) is 6.54 Å². The SMILES string of the molecule is N#Cc1ccccc1NC(=O)Cn1nc(-c2ccc3c(c2)OCO3)ccc1=O. The lowest BCUT2D eigenvalue weighted by atomic mass is 10.1. The number of amides is 1. The number of para-hydroxylation sites is 1. The number of anilines is 1. The summed E-state index contributed by atoms with van der Waals surface area (Å²) in [5.41, 5.74) is 1.56. The zero-order chi connectivity index (χ0) is 19.5. The molecule has 0 spiro atoms. The number of rotatable bonds is 4. The molecule has 0 saturated carbocycles. The molecule has 28 heavy (non-hydrogen) atoms. The van der Waals surface area contributed by atoms with Gasteiger partial charge in [-0.1, -0.05) is 12.1 Å². The van der Waals surface area contributed by atoms with E-state index in [9.17, 15) is 9.59 Å². The van der Waals surface area contributed by atoms with E-state index in [1.807, 2.05) is 6.07 Å². The van der Waals surface area contributed by atoms with Crippen molar-refractivity contribution in [1.82, 2.24) is 9.78 Å². The fourth-order valence-corrected chi connectivity index (χ4v) is 2.79. The van der Waals surface area contributed by atoms with Gasteiger partial charge in [0.15, 0.2) is 11.5 Å². The average Bonchev–Trinajstić information content (AvgIpc) is 3.18. The first-order valence-corrected chi connectivity index (χ1v) is 8.41. The second-order valence-corrected chi connectivity index (χ2v) is 5.99. The molecule has 0 atom stereocenters. The molecule has 0 saturated heterocycles.